The molecule has 3 atom stereocenters. The molecule has 3 heteroatoms. The summed E-state index contributed by atoms with van der Waals surface area (Å²) in [4.78, 5) is 0. The van der Waals surface area contributed by atoms with Crippen molar-refractivity contribution in [2.45, 2.75) is 44.2 Å². The number of methoxy groups -OCH3 is 1. The van der Waals surface area contributed by atoms with Crippen LogP contribution in [0.3, 0.4) is 0 Å². The van der Waals surface area contributed by atoms with Gasteiger partial charge in [0.2, 0.25) is 0 Å². The minimum absolute atomic E-state index is 0.0791. The topological polar surface area (TPSA) is 38.7 Å². The SMILES string of the molecule is CO[C@H]1CCC[C@H](OCc2ccccc2)[C@@H]1O. The third-order valence-electron chi connectivity index (χ3n) is 3.35. The quantitative estimate of drug-likeness (QED) is 0.870. The van der Waals surface area contributed by atoms with E-state index in [1.807, 2.05) is 30.3 Å². The molecule has 0 aliphatic heterocycles. The molecule has 0 bridgehead atoms. The summed E-state index contributed by atoms with van der Waals surface area (Å²) in [6.07, 6.45) is 2.20. The first-order chi connectivity index (χ1) is 8.31. The molecule has 1 N–H and O–H groups in total. The second-order valence-electron chi connectivity index (χ2n) is 4.53. The zero-order chi connectivity index (χ0) is 12.1. The predicted octanol–water partition coefficient (Wildman–Crippen LogP) is 2.13. The van der Waals surface area contributed by atoms with Crippen LogP contribution in [0.2, 0.25) is 0 Å². The molecule has 1 saturated carbocycles. The molecule has 0 heterocycles. The average Bonchev–Trinajstić information content (AvgIpc) is 2.39. The minimum atomic E-state index is -0.502. The van der Waals surface area contributed by atoms with Crippen molar-refractivity contribution >= 4 is 0 Å². The molecular formula is C14H20O3. The van der Waals surface area contributed by atoms with Crippen LogP contribution in [0.4, 0.5) is 0 Å². The monoisotopic (exact) mass is 236 g/mol. The first-order valence-corrected chi connectivity index (χ1v) is 6.17. The van der Waals surface area contributed by atoms with E-state index in [9.17, 15) is 5.11 Å². The first kappa shape index (κ1) is 12.6. The summed E-state index contributed by atoms with van der Waals surface area (Å²) in [5.74, 6) is 0. The van der Waals surface area contributed by atoms with E-state index in [0.717, 1.165) is 24.8 Å². The normalized spacial score (nSPS) is 29.2. The Kier molecular flexibility index (Phi) is 4.54. The van der Waals surface area contributed by atoms with Crippen molar-refractivity contribution in [3.63, 3.8) is 0 Å². The summed E-state index contributed by atoms with van der Waals surface area (Å²) in [6.45, 7) is 0.555. The highest BCUT2D eigenvalue weighted by Crippen LogP contribution is 2.24. The number of aliphatic hydroxyl groups is 1. The minimum Gasteiger partial charge on any atom is -0.388 e. The standard InChI is InChI=1S/C14H20O3/c1-16-12-8-5-9-13(14(12)15)17-10-11-6-3-2-4-7-11/h2-4,6-7,12-15H,5,8-10H2,1H3/t12-,13-,14+/m0/s1. The maximum absolute atomic E-state index is 10.1. The van der Waals surface area contributed by atoms with Crippen molar-refractivity contribution in [3.05, 3.63) is 35.9 Å². The fraction of sp³-hybridized carbons (Fsp3) is 0.571. The van der Waals surface area contributed by atoms with E-state index in [2.05, 4.69) is 0 Å². The van der Waals surface area contributed by atoms with Crippen molar-refractivity contribution < 1.29 is 14.6 Å². The van der Waals surface area contributed by atoms with Gasteiger partial charge in [-0.05, 0) is 24.8 Å². The van der Waals surface area contributed by atoms with E-state index in [-0.39, 0.29) is 12.2 Å². The lowest BCUT2D eigenvalue weighted by molar-refractivity contribution is -0.128. The van der Waals surface area contributed by atoms with Crippen molar-refractivity contribution in [1.29, 1.82) is 0 Å². The number of hydrogen-bond donors (Lipinski definition) is 1. The summed E-state index contributed by atoms with van der Waals surface area (Å²) >= 11 is 0. The molecule has 0 radical (unpaired) electrons. The van der Waals surface area contributed by atoms with E-state index in [4.69, 9.17) is 9.47 Å². The Labute approximate surface area is 102 Å². The second-order valence-corrected chi connectivity index (χ2v) is 4.53. The van der Waals surface area contributed by atoms with Gasteiger partial charge in [0.1, 0.15) is 6.10 Å². The molecule has 0 unspecified atom stereocenters. The third kappa shape index (κ3) is 3.28. The molecule has 0 amide bonds. The molecule has 2 rings (SSSR count). The Bertz CT molecular complexity index is 325. The lowest BCUT2D eigenvalue weighted by Crippen LogP contribution is -2.43. The number of ether oxygens (including phenoxy) is 2. The van der Waals surface area contributed by atoms with Gasteiger partial charge in [-0.2, -0.15) is 0 Å². The second kappa shape index (κ2) is 6.15. The van der Waals surface area contributed by atoms with Crippen molar-refractivity contribution in [1.82, 2.24) is 0 Å². The highest BCUT2D eigenvalue weighted by molar-refractivity contribution is 5.13. The van der Waals surface area contributed by atoms with Crippen LogP contribution in [0.15, 0.2) is 30.3 Å². The summed E-state index contributed by atoms with van der Waals surface area (Å²) in [7, 11) is 1.65. The van der Waals surface area contributed by atoms with Gasteiger partial charge in [0.15, 0.2) is 0 Å². The highest BCUT2D eigenvalue weighted by atomic mass is 16.5. The highest BCUT2D eigenvalue weighted by Gasteiger charge is 2.32. The Morgan fingerprint density at radius 1 is 1.18 bits per heavy atom. The van der Waals surface area contributed by atoms with Crippen LogP contribution in [0.5, 0.6) is 0 Å². The molecule has 3 nitrogen and oxygen atoms in total. The van der Waals surface area contributed by atoms with Crippen LogP contribution >= 0.6 is 0 Å². The zero-order valence-electron chi connectivity index (χ0n) is 10.2. The summed E-state index contributed by atoms with van der Waals surface area (Å²) in [6, 6.07) is 10.0. The molecule has 0 spiro atoms. The van der Waals surface area contributed by atoms with Crippen LogP contribution in [-0.4, -0.2) is 30.5 Å². The third-order valence-corrected chi connectivity index (χ3v) is 3.35. The summed E-state index contributed by atoms with van der Waals surface area (Å²) in [5.41, 5.74) is 1.14. The van der Waals surface area contributed by atoms with Gasteiger partial charge in [-0.15, -0.1) is 0 Å². The van der Waals surface area contributed by atoms with E-state index in [1.165, 1.54) is 0 Å². The number of hydrogen-bond acceptors (Lipinski definition) is 3. The van der Waals surface area contributed by atoms with Gasteiger partial charge in [-0.1, -0.05) is 30.3 Å². The number of aliphatic hydroxyl groups excluding tert-OH is 1. The molecule has 94 valence electrons. The largest absolute Gasteiger partial charge is 0.388 e. The average molecular weight is 236 g/mol. The Morgan fingerprint density at radius 3 is 2.59 bits per heavy atom. The fourth-order valence-electron chi connectivity index (χ4n) is 2.32. The van der Waals surface area contributed by atoms with Crippen LogP contribution in [-0.2, 0) is 16.1 Å². The lowest BCUT2D eigenvalue weighted by Gasteiger charge is -2.33. The van der Waals surface area contributed by atoms with E-state index in [0.29, 0.717) is 6.61 Å². The van der Waals surface area contributed by atoms with Gasteiger partial charge < -0.3 is 14.6 Å². The fourth-order valence-corrected chi connectivity index (χ4v) is 2.32. The molecule has 0 saturated heterocycles. The van der Waals surface area contributed by atoms with Gasteiger partial charge in [-0.3, -0.25) is 0 Å². The van der Waals surface area contributed by atoms with Crippen LogP contribution in [0.25, 0.3) is 0 Å². The molecule has 17 heavy (non-hydrogen) atoms. The Balaban J connectivity index is 1.86. The first-order valence-electron chi connectivity index (χ1n) is 6.17. The molecule has 1 aromatic rings. The molecular weight excluding hydrogens is 216 g/mol. The van der Waals surface area contributed by atoms with Crippen molar-refractivity contribution in [2.24, 2.45) is 0 Å². The van der Waals surface area contributed by atoms with Crippen LogP contribution < -0.4 is 0 Å². The smallest absolute Gasteiger partial charge is 0.106 e. The van der Waals surface area contributed by atoms with Gasteiger partial charge in [0, 0.05) is 7.11 Å². The summed E-state index contributed by atoms with van der Waals surface area (Å²) in [5, 5.41) is 10.1. The maximum Gasteiger partial charge on any atom is 0.106 e. The van der Waals surface area contributed by atoms with Gasteiger partial charge >= 0.3 is 0 Å². The van der Waals surface area contributed by atoms with Crippen LogP contribution in [0.1, 0.15) is 24.8 Å². The van der Waals surface area contributed by atoms with Crippen molar-refractivity contribution in [3.8, 4) is 0 Å². The Morgan fingerprint density at radius 2 is 1.88 bits per heavy atom. The van der Waals surface area contributed by atoms with Gasteiger partial charge in [-0.25, -0.2) is 0 Å². The van der Waals surface area contributed by atoms with E-state index in [1.54, 1.807) is 7.11 Å². The molecule has 0 aromatic heterocycles. The zero-order valence-corrected chi connectivity index (χ0v) is 10.2. The van der Waals surface area contributed by atoms with Crippen molar-refractivity contribution in [2.75, 3.05) is 7.11 Å². The lowest BCUT2D eigenvalue weighted by atomic mass is 9.92. The van der Waals surface area contributed by atoms with Gasteiger partial charge in [0.05, 0.1) is 18.8 Å². The van der Waals surface area contributed by atoms with Gasteiger partial charge in [0.25, 0.3) is 0 Å². The predicted molar refractivity (Wildman–Crippen MR) is 65.7 cm³/mol. The van der Waals surface area contributed by atoms with E-state index < -0.39 is 6.10 Å². The molecule has 1 aromatic carbocycles. The molecule has 1 fully saturated rings. The van der Waals surface area contributed by atoms with E-state index >= 15 is 0 Å². The molecule has 1 aliphatic rings. The molecule has 1 aliphatic carbocycles. The number of rotatable bonds is 4. The maximum atomic E-state index is 10.1. The van der Waals surface area contributed by atoms with Crippen LogP contribution in [0, 0.1) is 0 Å². The summed E-state index contributed by atoms with van der Waals surface area (Å²) < 4.78 is 11.0. The Hall–Kier alpha value is -0.900. The number of benzene rings is 1.